The van der Waals surface area contributed by atoms with Crippen LogP contribution in [-0.2, 0) is 24.0 Å². The second kappa shape index (κ2) is 12.7. The molecule has 0 aromatic heterocycles. The van der Waals surface area contributed by atoms with Crippen molar-refractivity contribution >= 4 is 17.8 Å². The van der Waals surface area contributed by atoms with Crippen LogP contribution >= 0.6 is 0 Å². The topological polar surface area (TPSA) is 76.2 Å². The highest BCUT2D eigenvalue weighted by Crippen LogP contribution is 2.30. The first-order valence-corrected chi connectivity index (χ1v) is 11.0. The van der Waals surface area contributed by atoms with Gasteiger partial charge in [0, 0.05) is 19.3 Å². The van der Waals surface area contributed by atoms with E-state index in [4.69, 9.17) is 9.57 Å². The van der Waals surface area contributed by atoms with Gasteiger partial charge in [0.15, 0.2) is 0 Å². The summed E-state index contributed by atoms with van der Waals surface area (Å²) in [6.45, 7) is 2.23. The van der Waals surface area contributed by atoms with Crippen LogP contribution in [0.1, 0.15) is 96.8 Å². The van der Waals surface area contributed by atoms with Crippen LogP contribution in [0.3, 0.4) is 0 Å². The van der Waals surface area contributed by atoms with E-state index in [1.165, 1.54) is 25.7 Å². The number of rotatable bonds is 15. The summed E-state index contributed by atoms with van der Waals surface area (Å²) in [4.78, 5) is 39.2. The molecule has 2 aliphatic rings. The number of hydrogen-bond acceptors (Lipinski definition) is 5. The van der Waals surface area contributed by atoms with E-state index in [1.54, 1.807) is 0 Å². The first kappa shape index (κ1) is 22.6. The lowest BCUT2D eigenvalue weighted by molar-refractivity contribution is -0.197. The summed E-state index contributed by atoms with van der Waals surface area (Å²) >= 11 is 0. The number of nitrogens with zero attached hydrogens (tertiary/aromatic N) is 1. The molecule has 0 radical (unpaired) electrons. The Labute approximate surface area is 168 Å². The lowest BCUT2D eigenvalue weighted by Crippen LogP contribution is -2.31. The molecule has 2 heterocycles. The standard InChI is InChI=1S/C22H35NO5/c1-2-3-10-13-18-19(27-18)14-11-8-6-4-5-7-9-12-15-22(26)28-23-20(24)16-17-21(23)25/h8,11,18-19H,2-7,9-10,12-17H2,1H3/b11-8-/t18-,19+/m1/s1. The minimum Gasteiger partial charge on any atom is -0.369 e. The van der Waals surface area contributed by atoms with E-state index in [0.717, 1.165) is 44.9 Å². The molecule has 6 heteroatoms. The normalized spacial score (nSPS) is 21.7. The molecule has 2 fully saturated rings. The van der Waals surface area contributed by atoms with E-state index in [1.807, 2.05) is 0 Å². The molecule has 2 rings (SSSR count). The molecule has 28 heavy (non-hydrogen) atoms. The number of ether oxygens (including phenoxy) is 1. The predicted octanol–water partition coefficient (Wildman–Crippen LogP) is 4.62. The summed E-state index contributed by atoms with van der Waals surface area (Å²) in [5.74, 6) is -1.35. The Morgan fingerprint density at radius 3 is 2.46 bits per heavy atom. The second-order valence-electron chi connectivity index (χ2n) is 7.77. The van der Waals surface area contributed by atoms with Crippen LogP contribution < -0.4 is 0 Å². The van der Waals surface area contributed by atoms with Crippen molar-refractivity contribution in [2.24, 2.45) is 0 Å². The van der Waals surface area contributed by atoms with Gasteiger partial charge in [-0.2, -0.15) is 0 Å². The summed E-state index contributed by atoms with van der Waals surface area (Å²) in [5, 5.41) is 0.620. The third-order valence-electron chi connectivity index (χ3n) is 5.27. The van der Waals surface area contributed by atoms with Gasteiger partial charge in [-0.25, -0.2) is 4.79 Å². The quantitative estimate of drug-likeness (QED) is 0.176. The molecule has 158 valence electrons. The SMILES string of the molecule is CCCCC[C@H]1O[C@H]1C/C=C\CCCCCCCC(=O)ON1C(=O)CCC1=O. The van der Waals surface area contributed by atoms with E-state index in [9.17, 15) is 14.4 Å². The van der Waals surface area contributed by atoms with E-state index in [-0.39, 0.29) is 19.3 Å². The Morgan fingerprint density at radius 2 is 1.71 bits per heavy atom. The van der Waals surface area contributed by atoms with Crippen molar-refractivity contribution in [3.8, 4) is 0 Å². The van der Waals surface area contributed by atoms with Crippen LogP contribution in [0.25, 0.3) is 0 Å². The zero-order valence-electron chi connectivity index (χ0n) is 17.2. The van der Waals surface area contributed by atoms with E-state index >= 15 is 0 Å². The van der Waals surface area contributed by atoms with Gasteiger partial charge in [0.05, 0.1) is 12.2 Å². The maximum absolute atomic E-state index is 11.7. The molecule has 0 bridgehead atoms. The van der Waals surface area contributed by atoms with Crippen molar-refractivity contribution in [2.75, 3.05) is 0 Å². The van der Waals surface area contributed by atoms with Crippen molar-refractivity contribution in [3.63, 3.8) is 0 Å². The Bertz CT molecular complexity index is 529. The highest BCUT2D eigenvalue weighted by atomic mass is 16.7. The largest absolute Gasteiger partial charge is 0.369 e. The highest BCUT2D eigenvalue weighted by Gasteiger charge is 2.36. The monoisotopic (exact) mass is 393 g/mol. The summed E-state index contributed by atoms with van der Waals surface area (Å²) in [6, 6.07) is 0. The van der Waals surface area contributed by atoms with Crippen molar-refractivity contribution in [1.82, 2.24) is 5.06 Å². The van der Waals surface area contributed by atoms with Gasteiger partial charge in [0.25, 0.3) is 11.8 Å². The zero-order valence-corrected chi connectivity index (χ0v) is 17.2. The van der Waals surface area contributed by atoms with Crippen LogP contribution in [0.15, 0.2) is 12.2 Å². The number of carbonyl (C=O) groups excluding carboxylic acids is 3. The average Bonchev–Trinajstić information content (AvgIpc) is 3.36. The molecular formula is C22H35NO5. The number of unbranched alkanes of at least 4 members (excludes halogenated alkanes) is 7. The van der Waals surface area contributed by atoms with E-state index in [2.05, 4.69) is 19.1 Å². The molecule has 2 amide bonds. The molecule has 0 saturated carbocycles. The van der Waals surface area contributed by atoms with Gasteiger partial charge in [0.2, 0.25) is 0 Å². The fraction of sp³-hybridized carbons (Fsp3) is 0.773. The molecule has 0 aliphatic carbocycles. The Kier molecular flexibility index (Phi) is 10.3. The molecule has 2 saturated heterocycles. The molecule has 0 unspecified atom stereocenters. The summed E-state index contributed by atoms with van der Waals surface area (Å²) in [6.07, 6.45) is 18.2. The number of carbonyl (C=O) groups is 3. The minimum absolute atomic E-state index is 0.133. The first-order valence-electron chi connectivity index (χ1n) is 11.0. The first-order chi connectivity index (χ1) is 13.6. The third-order valence-corrected chi connectivity index (χ3v) is 5.27. The van der Waals surface area contributed by atoms with E-state index in [0.29, 0.717) is 17.3 Å². The predicted molar refractivity (Wildman–Crippen MR) is 106 cm³/mol. The van der Waals surface area contributed by atoms with Crippen LogP contribution in [-0.4, -0.2) is 35.1 Å². The minimum atomic E-state index is -0.498. The molecule has 0 aromatic rings. The van der Waals surface area contributed by atoms with Crippen molar-refractivity contribution in [3.05, 3.63) is 12.2 Å². The van der Waals surface area contributed by atoms with Crippen LogP contribution in [0, 0.1) is 0 Å². The number of epoxide rings is 1. The number of hydrogen-bond donors (Lipinski definition) is 0. The van der Waals surface area contributed by atoms with Crippen LogP contribution in [0.5, 0.6) is 0 Å². The summed E-state index contributed by atoms with van der Waals surface area (Å²) in [7, 11) is 0. The van der Waals surface area contributed by atoms with Crippen LogP contribution in [0.4, 0.5) is 0 Å². The lowest BCUT2D eigenvalue weighted by Gasteiger charge is -2.12. The fourth-order valence-electron chi connectivity index (χ4n) is 3.45. The van der Waals surface area contributed by atoms with Gasteiger partial charge in [-0.05, 0) is 32.1 Å². The molecule has 0 aromatic carbocycles. The van der Waals surface area contributed by atoms with Gasteiger partial charge in [-0.3, -0.25) is 9.59 Å². The Hall–Kier alpha value is -1.69. The molecule has 6 nitrogen and oxygen atoms in total. The molecule has 0 spiro atoms. The average molecular weight is 394 g/mol. The number of amides is 2. The third kappa shape index (κ3) is 8.55. The van der Waals surface area contributed by atoms with Gasteiger partial charge in [0.1, 0.15) is 0 Å². The summed E-state index contributed by atoms with van der Waals surface area (Å²) < 4.78 is 5.68. The number of hydroxylamine groups is 2. The van der Waals surface area contributed by atoms with Gasteiger partial charge in [-0.15, -0.1) is 5.06 Å². The van der Waals surface area contributed by atoms with Crippen molar-refractivity contribution < 1.29 is 24.0 Å². The second-order valence-corrected chi connectivity index (χ2v) is 7.77. The number of allylic oxidation sites excluding steroid dienone is 1. The maximum atomic E-state index is 11.7. The molecule has 0 N–H and O–H groups in total. The van der Waals surface area contributed by atoms with Gasteiger partial charge >= 0.3 is 5.97 Å². The lowest BCUT2D eigenvalue weighted by atomic mass is 10.1. The van der Waals surface area contributed by atoms with Crippen LogP contribution in [0.2, 0.25) is 0 Å². The molecule has 2 atom stereocenters. The molecule has 2 aliphatic heterocycles. The molecular weight excluding hydrogens is 358 g/mol. The smallest absolute Gasteiger partial charge is 0.333 e. The Balaban J connectivity index is 1.36. The van der Waals surface area contributed by atoms with E-state index < -0.39 is 17.8 Å². The van der Waals surface area contributed by atoms with Gasteiger partial charge < -0.3 is 9.57 Å². The highest BCUT2D eigenvalue weighted by molar-refractivity contribution is 6.01. The Morgan fingerprint density at radius 1 is 1.00 bits per heavy atom. The van der Waals surface area contributed by atoms with Crippen molar-refractivity contribution in [1.29, 1.82) is 0 Å². The maximum Gasteiger partial charge on any atom is 0.333 e. The summed E-state index contributed by atoms with van der Waals surface area (Å²) in [5.41, 5.74) is 0. The number of imide groups is 1. The van der Waals surface area contributed by atoms with Crippen molar-refractivity contribution in [2.45, 2.75) is 109 Å². The van der Waals surface area contributed by atoms with Gasteiger partial charge in [-0.1, -0.05) is 57.6 Å². The zero-order chi connectivity index (χ0) is 20.2. The fourth-order valence-corrected chi connectivity index (χ4v) is 3.45.